The fourth-order valence-corrected chi connectivity index (χ4v) is 2.14. The second-order valence-electron chi connectivity index (χ2n) is 5.40. The number of nitrogens with one attached hydrogen (secondary N) is 2. The second kappa shape index (κ2) is 7.05. The molecule has 0 bridgehead atoms. The Bertz CT molecular complexity index is 811. The minimum Gasteiger partial charge on any atom is -0.360 e. The quantitative estimate of drug-likeness (QED) is 0.717. The maximum atomic E-state index is 11.9. The molecule has 1 amide bonds. The van der Waals surface area contributed by atoms with Crippen LogP contribution in [0.2, 0.25) is 0 Å². The molecule has 0 aliphatic rings. The molecule has 24 heavy (non-hydrogen) atoms. The van der Waals surface area contributed by atoms with Crippen LogP contribution in [0.1, 0.15) is 24.4 Å². The number of para-hydroxylation sites is 1. The Labute approximate surface area is 138 Å². The van der Waals surface area contributed by atoms with Gasteiger partial charge in [0.25, 0.3) is 0 Å². The molecule has 2 heterocycles. The summed E-state index contributed by atoms with van der Waals surface area (Å²) in [5.41, 5.74) is 1.69. The van der Waals surface area contributed by atoms with E-state index in [-0.39, 0.29) is 18.5 Å². The van der Waals surface area contributed by atoms with Crippen LogP contribution in [-0.4, -0.2) is 32.6 Å². The zero-order valence-electron chi connectivity index (χ0n) is 13.4. The lowest BCUT2D eigenvalue weighted by atomic mass is 10.2. The van der Waals surface area contributed by atoms with Crippen molar-refractivity contribution in [1.29, 1.82) is 0 Å². The molecule has 0 radical (unpaired) electrons. The van der Waals surface area contributed by atoms with Gasteiger partial charge in [0, 0.05) is 6.07 Å². The van der Waals surface area contributed by atoms with Crippen LogP contribution in [0, 0.1) is 6.92 Å². The van der Waals surface area contributed by atoms with Crippen LogP contribution >= 0.6 is 0 Å². The summed E-state index contributed by atoms with van der Waals surface area (Å²) in [6, 6.07) is 11.3. The van der Waals surface area contributed by atoms with E-state index in [0.29, 0.717) is 11.6 Å². The summed E-state index contributed by atoms with van der Waals surface area (Å²) >= 11 is 0. The van der Waals surface area contributed by atoms with Crippen LogP contribution in [0.15, 0.2) is 47.1 Å². The van der Waals surface area contributed by atoms with Crippen molar-refractivity contribution in [1.82, 2.24) is 25.5 Å². The summed E-state index contributed by atoms with van der Waals surface area (Å²) in [4.78, 5) is 11.9. The van der Waals surface area contributed by atoms with Crippen LogP contribution in [0.4, 0.5) is 5.82 Å². The van der Waals surface area contributed by atoms with E-state index in [1.165, 1.54) is 0 Å². The van der Waals surface area contributed by atoms with Crippen LogP contribution < -0.4 is 10.6 Å². The molecule has 0 saturated heterocycles. The van der Waals surface area contributed by atoms with Gasteiger partial charge in [-0.15, -0.1) is 5.10 Å². The number of nitrogens with zero attached hydrogens (tertiary/aromatic N) is 4. The Hall–Kier alpha value is -3.00. The van der Waals surface area contributed by atoms with Crippen molar-refractivity contribution < 1.29 is 9.32 Å². The van der Waals surface area contributed by atoms with E-state index in [2.05, 4.69) is 26.1 Å². The number of carbonyl (C=O) groups excluding carboxylic acids is 1. The average Bonchev–Trinajstić information content (AvgIpc) is 3.23. The number of amides is 1. The van der Waals surface area contributed by atoms with E-state index < -0.39 is 0 Å². The molecule has 2 N–H and O–H groups in total. The third-order valence-electron chi connectivity index (χ3n) is 3.44. The molecule has 2 aromatic heterocycles. The zero-order chi connectivity index (χ0) is 16.9. The highest BCUT2D eigenvalue weighted by atomic mass is 16.5. The first kappa shape index (κ1) is 15.9. The Morgan fingerprint density at radius 1 is 1.33 bits per heavy atom. The number of carbonyl (C=O) groups is 1. The molecule has 124 valence electrons. The lowest BCUT2D eigenvalue weighted by Gasteiger charge is -2.10. The van der Waals surface area contributed by atoms with Gasteiger partial charge in [-0.3, -0.25) is 4.79 Å². The summed E-state index contributed by atoms with van der Waals surface area (Å²) in [6.45, 7) is 3.82. The van der Waals surface area contributed by atoms with E-state index in [9.17, 15) is 4.79 Å². The zero-order valence-corrected chi connectivity index (χ0v) is 13.4. The van der Waals surface area contributed by atoms with Gasteiger partial charge in [-0.2, -0.15) is 0 Å². The first-order valence-corrected chi connectivity index (χ1v) is 7.56. The molecule has 0 fully saturated rings. The molecule has 0 saturated carbocycles. The van der Waals surface area contributed by atoms with Gasteiger partial charge in [-0.25, -0.2) is 4.68 Å². The van der Waals surface area contributed by atoms with Gasteiger partial charge in [0.05, 0.1) is 30.2 Å². The van der Waals surface area contributed by atoms with Crippen LogP contribution in [0.5, 0.6) is 0 Å². The molecular formula is C16H18N6O2. The SMILES string of the molecule is Cc1cc(NC(=O)CN[C@@H](C)c2cn(-c3ccccc3)nn2)no1. The highest BCUT2D eigenvalue weighted by Crippen LogP contribution is 2.12. The van der Waals surface area contributed by atoms with Crippen molar-refractivity contribution in [3.8, 4) is 5.69 Å². The summed E-state index contributed by atoms with van der Waals surface area (Å²) in [5, 5.41) is 17.7. The third-order valence-corrected chi connectivity index (χ3v) is 3.44. The van der Waals surface area contributed by atoms with E-state index in [1.54, 1.807) is 17.7 Å². The maximum absolute atomic E-state index is 11.9. The van der Waals surface area contributed by atoms with Crippen molar-refractivity contribution in [2.24, 2.45) is 0 Å². The molecule has 3 rings (SSSR count). The smallest absolute Gasteiger partial charge is 0.239 e. The number of aromatic nitrogens is 4. The fraction of sp³-hybridized carbons (Fsp3) is 0.250. The number of aryl methyl sites for hydroxylation is 1. The van der Waals surface area contributed by atoms with E-state index >= 15 is 0 Å². The highest BCUT2D eigenvalue weighted by molar-refractivity contribution is 5.91. The van der Waals surface area contributed by atoms with Crippen LogP contribution in [0.25, 0.3) is 5.69 Å². The van der Waals surface area contributed by atoms with Gasteiger partial charge in [0.1, 0.15) is 5.76 Å². The Balaban J connectivity index is 1.54. The topological polar surface area (TPSA) is 97.9 Å². The largest absolute Gasteiger partial charge is 0.360 e. The van der Waals surface area contributed by atoms with Crippen molar-refractivity contribution >= 4 is 11.7 Å². The standard InChI is InChI=1S/C16H18N6O2/c1-11-8-15(20-24-11)18-16(23)9-17-12(2)14-10-22(21-19-14)13-6-4-3-5-7-13/h3-8,10,12,17H,9H2,1-2H3,(H,18,20,23)/t12-/m0/s1. The minimum atomic E-state index is -0.203. The molecule has 0 unspecified atom stereocenters. The second-order valence-corrected chi connectivity index (χ2v) is 5.40. The summed E-state index contributed by atoms with van der Waals surface area (Å²) in [6.07, 6.45) is 1.84. The predicted molar refractivity (Wildman–Crippen MR) is 87.6 cm³/mol. The van der Waals surface area contributed by atoms with Crippen LogP contribution in [0.3, 0.4) is 0 Å². The summed E-state index contributed by atoms with van der Waals surface area (Å²) in [5.74, 6) is 0.844. The first-order chi connectivity index (χ1) is 11.6. The van der Waals surface area contributed by atoms with Gasteiger partial charge in [-0.05, 0) is 26.0 Å². The lowest BCUT2D eigenvalue weighted by Crippen LogP contribution is -2.30. The fourth-order valence-electron chi connectivity index (χ4n) is 2.14. The lowest BCUT2D eigenvalue weighted by molar-refractivity contribution is -0.115. The molecule has 8 nitrogen and oxygen atoms in total. The van der Waals surface area contributed by atoms with Gasteiger partial charge in [0.15, 0.2) is 5.82 Å². The molecule has 8 heteroatoms. The average molecular weight is 326 g/mol. The monoisotopic (exact) mass is 326 g/mol. The van der Waals surface area contributed by atoms with Crippen molar-refractivity contribution in [3.63, 3.8) is 0 Å². The number of rotatable bonds is 6. The van der Waals surface area contributed by atoms with E-state index in [1.807, 2.05) is 43.5 Å². The van der Waals surface area contributed by atoms with E-state index in [0.717, 1.165) is 11.4 Å². The molecule has 1 aromatic carbocycles. The van der Waals surface area contributed by atoms with Crippen molar-refractivity contribution in [3.05, 3.63) is 54.0 Å². The molecule has 0 spiro atoms. The Morgan fingerprint density at radius 3 is 2.83 bits per heavy atom. The number of hydrogen-bond donors (Lipinski definition) is 2. The maximum Gasteiger partial charge on any atom is 0.239 e. The van der Waals surface area contributed by atoms with Gasteiger partial charge < -0.3 is 15.2 Å². The molecule has 0 aliphatic heterocycles. The molecule has 3 aromatic rings. The number of hydrogen-bond acceptors (Lipinski definition) is 6. The molecule has 1 atom stereocenters. The van der Waals surface area contributed by atoms with Crippen LogP contribution in [-0.2, 0) is 4.79 Å². The number of benzene rings is 1. The van der Waals surface area contributed by atoms with Gasteiger partial charge >= 0.3 is 0 Å². The van der Waals surface area contributed by atoms with E-state index in [4.69, 9.17) is 4.52 Å². The highest BCUT2D eigenvalue weighted by Gasteiger charge is 2.13. The molecule has 0 aliphatic carbocycles. The Morgan fingerprint density at radius 2 is 2.12 bits per heavy atom. The van der Waals surface area contributed by atoms with Crippen molar-refractivity contribution in [2.45, 2.75) is 19.9 Å². The van der Waals surface area contributed by atoms with Crippen molar-refractivity contribution in [2.75, 3.05) is 11.9 Å². The Kier molecular flexibility index (Phi) is 4.66. The third kappa shape index (κ3) is 3.85. The summed E-state index contributed by atoms with van der Waals surface area (Å²) in [7, 11) is 0. The summed E-state index contributed by atoms with van der Waals surface area (Å²) < 4.78 is 6.60. The minimum absolute atomic E-state index is 0.118. The van der Waals surface area contributed by atoms with Gasteiger partial charge in [-0.1, -0.05) is 28.6 Å². The predicted octanol–water partition coefficient (Wildman–Crippen LogP) is 1.85. The molecular weight excluding hydrogens is 308 g/mol. The van der Waals surface area contributed by atoms with Gasteiger partial charge in [0.2, 0.25) is 5.91 Å². The first-order valence-electron chi connectivity index (χ1n) is 7.56. The normalized spacial score (nSPS) is 12.1. The number of anilines is 1.